The summed E-state index contributed by atoms with van der Waals surface area (Å²) >= 11 is 1.70. The summed E-state index contributed by atoms with van der Waals surface area (Å²) in [6, 6.07) is 9.91. The van der Waals surface area contributed by atoms with Crippen molar-refractivity contribution in [3.05, 3.63) is 51.2 Å². The van der Waals surface area contributed by atoms with Crippen LogP contribution in [0.3, 0.4) is 0 Å². The van der Waals surface area contributed by atoms with Crippen LogP contribution in [0, 0.1) is 13.8 Å². The molecule has 2 nitrogen and oxygen atoms in total. The van der Waals surface area contributed by atoms with Crippen LogP contribution in [0.4, 0.5) is 0 Å². The molecule has 92 valence electrons. The quantitative estimate of drug-likeness (QED) is 0.770. The monoisotopic (exact) mass is 258 g/mol. The molecule has 0 bridgehead atoms. The molecule has 18 heavy (non-hydrogen) atoms. The standard InChI is InChI=1S/C15H14O2S/c1-9-3-5-13-11(7-9)12(16)8-14(17-13)15-6-4-10(2)18-15/h3-7,14H,8H2,1-2H3. The van der Waals surface area contributed by atoms with E-state index in [4.69, 9.17) is 4.74 Å². The number of hydrogen-bond acceptors (Lipinski definition) is 3. The molecule has 2 heterocycles. The Morgan fingerprint density at radius 2 is 2.06 bits per heavy atom. The average Bonchev–Trinajstić information content (AvgIpc) is 2.77. The van der Waals surface area contributed by atoms with Crippen LogP contribution in [0.5, 0.6) is 5.75 Å². The zero-order valence-electron chi connectivity index (χ0n) is 10.4. The van der Waals surface area contributed by atoms with Crippen molar-refractivity contribution in [3.8, 4) is 5.75 Å². The van der Waals surface area contributed by atoms with Crippen molar-refractivity contribution in [3.63, 3.8) is 0 Å². The van der Waals surface area contributed by atoms with Crippen LogP contribution in [-0.2, 0) is 0 Å². The van der Waals surface area contributed by atoms with Gasteiger partial charge in [-0.2, -0.15) is 0 Å². The molecule has 0 aliphatic carbocycles. The summed E-state index contributed by atoms with van der Waals surface area (Å²) in [4.78, 5) is 14.5. The Morgan fingerprint density at radius 1 is 1.22 bits per heavy atom. The van der Waals surface area contributed by atoms with E-state index in [1.54, 1.807) is 11.3 Å². The summed E-state index contributed by atoms with van der Waals surface area (Å²) < 4.78 is 5.95. The zero-order valence-corrected chi connectivity index (χ0v) is 11.2. The highest BCUT2D eigenvalue weighted by Crippen LogP contribution is 2.37. The fourth-order valence-corrected chi connectivity index (χ4v) is 3.13. The summed E-state index contributed by atoms with van der Waals surface area (Å²) in [5, 5.41) is 0. The van der Waals surface area contributed by atoms with Crippen molar-refractivity contribution < 1.29 is 9.53 Å². The molecule has 2 aromatic rings. The van der Waals surface area contributed by atoms with Crippen molar-refractivity contribution in [2.45, 2.75) is 26.4 Å². The van der Waals surface area contributed by atoms with E-state index in [-0.39, 0.29) is 11.9 Å². The van der Waals surface area contributed by atoms with Crippen molar-refractivity contribution in [2.24, 2.45) is 0 Å². The van der Waals surface area contributed by atoms with Crippen LogP contribution >= 0.6 is 11.3 Å². The summed E-state index contributed by atoms with van der Waals surface area (Å²) in [5.74, 6) is 0.893. The van der Waals surface area contributed by atoms with Crippen LogP contribution in [0.25, 0.3) is 0 Å². The second-order valence-electron chi connectivity index (χ2n) is 4.68. The lowest BCUT2D eigenvalue weighted by Gasteiger charge is -2.24. The van der Waals surface area contributed by atoms with Gasteiger partial charge < -0.3 is 4.74 Å². The maximum Gasteiger partial charge on any atom is 0.170 e. The molecular weight excluding hydrogens is 244 g/mol. The number of aryl methyl sites for hydroxylation is 2. The Balaban J connectivity index is 1.96. The predicted molar refractivity (Wildman–Crippen MR) is 72.6 cm³/mol. The smallest absolute Gasteiger partial charge is 0.170 e. The molecule has 1 aliphatic heterocycles. The van der Waals surface area contributed by atoms with Crippen molar-refractivity contribution >= 4 is 17.1 Å². The molecule has 0 saturated heterocycles. The largest absolute Gasteiger partial charge is 0.484 e. The third kappa shape index (κ3) is 1.95. The molecule has 1 atom stereocenters. The molecule has 1 aromatic carbocycles. The van der Waals surface area contributed by atoms with Crippen LogP contribution < -0.4 is 4.74 Å². The third-order valence-corrected chi connectivity index (χ3v) is 4.25. The molecular formula is C15H14O2S. The number of rotatable bonds is 1. The average molecular weight is 258 g/mol. The van der Waals surface area contributed by atoms with Crippen LogP contribution in [-0.4, -0.2) is 5.78 Å². The van der Waals surface area contributed by atoms with Crippen LogP contribution in [0.2, 0.25) is 0 Å². The van der Waals surface area contributed by atoms with E-state index in [1.165, 1.54) is 4.88 Å². The van der Waals surface area contributed by atoms with E-state index >= 15 is 0 Å². The number of thiophene rings is 1. The maximum absolute atomic E-state index is 12.2. The fourth-order valence-electron chi connectivity index (χ4n) is 2.22. The molecule has 0 radical (unpaired) electrons. The number of carbonyl (C=O) groups excluding carboxylic acids is 1. The summed E-state index contributed by atoms with van der Waals surface area (Å²) in [6.07, 6.45) is 0.322. The number of fused-ring (bicyclic) bond motifs is 1. The number of hydrogen-bond donors (Lipinski definition) is 0. The first-order valence-electron chi connectivity index (χ1n) is 6.00. The lowest BCUT2D eigenvalue weighted by Crippen LogP contribution is -2.19. The van der Waals surface area contributed by atoms with E-state index in [0.717, 1.165) is 16.0 Å². The fraction of sp³-hybridized carbons (Fsp3) is 0.267. The van der Waals surface area contributed by atoms with Gasteiger partial charge in [-0.05, 0) is 38.1 Å². The molecule has 1 unspecified atom stereocenters. The van der Waals surface area contributed by atoms with Gasteiger partial charge in [-0.25, -0.2) is 0 Å². The number of ketones is 1. The minimum absolute atomic E-state index is 0.119. The molecule has 1 aliphatic rings. The normalized spacial score (nSPS) is 18.3. The minimum Gasteiger partial charge on any atom is -0.484 e. The molecule has 0 fully saturated rings. The lowest BCUT2D eigenvalue weighted by molar-refractivity contribution is 0.0854. The Hall–Kier alpha value is -1.61. The Bertz CT molecular complexity index is 613. The number of benzene rings is 1. The molecule has 3 heteroatoms. The van der Waals surface area contributed by atoms with Gasteiger partial charge in [0.25, 0.3) is 0 Å². The Morgan fingerprint density at radius 3 is 2.78 bits per heavy atom. The van der Waals surface area contributed by atoms with Gasteiger partial charge in [-0.3, -0.25) is 4.79 Å². The molecule has 3 rings (SSSR count). The first-order chi connectivity index (χ1) is 8.63. The highest BCUT2D eigenvalue weighted by Gasteiger charge is 2.28. The minimum atomic E-state index is -0.119. The molecule has 0 N–H and O–H groups in total. The van der Waals surface area contributed by atoms with Gasteiger partial charge in [0.2, 0.25) is 0 Å². The van der Waals surface area contributed by atoms with Gasteiger partial charge >= 0.3 is 0 Å². The van der Waals surface area contributed by atoms with Gasteiger partial charge in [-0.15, -0.1) is 11.3 Å². The first kappa shape index (κ1) is 11.5. The van der Waals surface area contributed by atoms with Crippen molar-refractivity contribution in [1.29, 1.82) is 0 Å². The number of ether oxygens (including phenoxy) is 1. The summed E-state index contributed by atoms with van der Waals surface area (Å²) in [6.45, 7) is 4.05. The number of Topliss-reactive ketones (excluding diaryl/α,β-unsaturated/α-hetero) is 1. The first-order valence-corrected chi connectivity index (χ1v) is 6.82. The Labute approximate surface area is 110 Å². The lowest BCUT2D eigenvalue weighted by atomic mass is 9.98. The summed E-state index contributed by atoms with van der Waals surface area (Å²) in [7, 11) is 0. The SMILES string of the molecule is Cc1ccc2c(c1)C(=O)CC(c1ccc(C)s1)O2. The summed E-state index contributed by atoms with van der Waals surface area (Å²) in [5.41, 5.74) is 1.82. The molecule has 0 saturated carbocycles. The van der Waals surface area contributed by atoms with Gasteiger partial charge in [-0.1, -0.05) is 11.6 Å². The Kier molecular flexibility index (Phi) is 2.71. The van der Waals surface area contributed by atoms with E-state index in [9.17, 15) is 4.79 Å². The van der Waals surface area contributed by atoms with E-state index < -0.39 is 0 Å². The van der Waals surface area contributed by atoms with Gasteiger partial charge in [0.15, 0.2) is 5.78 Å². The molecule has 0 spiro atoms. The van der Waals surface area contributed by atoms with E-state index in [2.05, 4.69) is 19.1 Å². The van der Waals surface area contributed by atoms with Gasteiger partial charge in [0.05, 0.1) is 12.0 Å². The topological polar surface area (TPSA) is 26.3 Å². The van der Waals surface area contributed by atoms with Crippen molar-refractivity contribution in [1.82, 2.24) is 0 Å². The van der Waals surface area contributed by atoms with Gasteiger partial charge in [0.1, 0.15) is 11.9 Å². The van der Waals surface area contributed by atoms with Crippen LogP contribution in [0.1, 0.15) is 38.2 Å². The zero-order chi connectivity index (χ0) is 12.7. The highest BCUT2D eigenvalue weighted by molar-refractivity contribution is 7.12. The number of carbonyl (C=O) groups is 1. The molecule has 0 amide bonds. The molecule has 1 aromatic heterocycles. The maximum atomic E-state index is 12.2. The van der Waals surface area contributed by atoms with E-state index in [0.29, 0.717) is 12.2 Å². The van der Waals surface area contributed by atoms with Crippen LogP contribution in [0.15, 0.2) is 30.3 Å². The van der Waals surface area contributed by atoms with Gasteiger partial charge in [0, 0.05) is 9.75 Å². The van der Waals surface area contributed by atoms with E-state index in [1.807, 2.05) is 25.1 Å². The second-order valence-corrected chi connectivity index (χ2v) is 6.00. The highest BCUT2D eigenvalue weighted by atomic mass is 32.1. The predicted octanol–water partition coefficient (Wildman–Crippen LogP) is 4.07. The second kappa shape index (κ2) is 4.25. The van der Waals surface area contributed by atoms with Crippen molar-refractivity contribution in [2.75, 3.05) is 0 Å². The third-order valence-electron chi connectivity index (χ3n) is 3.15.